The quantitative estimate of drug-likeness (QED) is 0.546. The van der Waals surface area contributed by atoms with E-state index in [1.165, 1.54) is 22.5 Å². The van der Waals surface area contributed by atoms with Gasteiger partial charge in [-0.3, -0.25) is 14.2 Å². The van der Waals surface area contributed by atoms with Gasteiger partial charge < -0.3 is 14.6 Å². The maximum Gasteiger partial charge on any atom is 0.332 e. The van der Waals surface area contributed by atoms with E-state index in [0.717, 1.165) is 4.57 Å². The molecule has 0 radical (unpaired) electrons. The molecule has 9 nitrogen and oxygen atoms in total. The minimum atomic E-state index is -0.609. The third kappa shape index (κ3) is 3.60. The molecule has 0 atom stereocenters. The second-order valence-corrected chi connectivity index (χ2v) is 6.75. The lowest BCUT2D eigenvalue weighted by atomic mass is 10.3. The van der Waals surface area contributed by atoms with Crippen LogP contribution in [0.15, 0.2) is 70.5 Å². The van der Waals surface area contributed by atoms with Crippen LogP contribution in [0.2, 0.25) is 0 Å². The van der Waals surface area contributed by atoms with E-state index in [1.807, 2.05) is 30.3 Å². The van der Waals surface area contributed by atoms with Crippen LogP contribution in [0.5, 0.6) is 11.5 Å². The standard InChI is InChI=1S/C21H19N5O4/c1-24-13-22-19-18(24)20(28)26(21(29)25(19)2)12-17(27)23-14-7-6-10-16(11-14)30-15-8-4-3-5-9-15/h3-11,13H,12H2,1-2H3,(H,23,27). The number of para-hydroxylation sites is 1. The van der Waals surface area contributed by atoms with Gasteiger partial charge in [-0.15, -0.1) is 0 Å². The molecule has 4 aromatic rings. The summed E-state index contributed by atoms with van der Waals surface area (Å²) in [5.74, 6) is 0.705. The largest absolute Gasteiger partial charge is 0.457 e. The van der Waals surface area contributed by atoms with Crippen LogP contribution < -0.4 is 21.3 Å². The molecular formula is C21H19N5O4. The highest BCUT2D eigenvalue weighted by Gasteiger charge is 2.17. The van der Waals surface area contributed by atoms with Crippen molar-refractivity contribution in [2.75, 3.05) is 5.32 Å². The van der Waals surface area contributed by atoms with E-state index in [2.05, 4.69) is 10.3 Å². The van der Waals surface area contributed by atoms with Crippen LogP contribution in [0.1, 0.15) is 0 Å². The Hall–Kier alpha value is -4.14. The second kappa shape index (κ2) is 7.70. The third-order valence-electron chi connectivity index (χ3n) is 4.60. The van der Waals surface area contributed by atoms with E-state index in [-0.39, 0.29) is 11.2 Å². The number of amides is 1. The van der Waals surface area contributed by atoms with Crippen molar-refractivity contribution in [1.82, 2.24) is 18.7 Å². The van der Waals surface area contributed by atoms with Crippen LogP contribution in [0, 0.1) is 0 Å². The normalized spacial score (nSPS) is 10.9. The summed E-state index contributed by atoms with van der Waals surface area (Å²) in [6.45, 7) is -0.420. The molecule has 0 bridgehead atoms. The lowest BCUT2D eigenvalue weighted by molar-refractivity contribution is -0.116. The summed E-state index contributed by atoms with van der Waals surface area (Å²) in [6, 6.07) is 16.1. The van der Waals surface area contributed by atoms with Gasteiger partial charge in [-0.2, -0.15) is 0 Å². The van der Waals surface area contributed by atoms with E-state index < -0.39 is 23.7 Å². The van der Waals surface area contributed by atoms with E-state index in [1.54, 1.807) is 31.3 Å². The first-order valence-electron chi connectivity index (χ1n) is 9.17. The van der Waals surface area contributed by atoms with Gasteiger partial charge >= 0.3 is 5.69 Å². The first-order valence-corrected chi connectivity index (χ1v) is 9.17. The van der Waals surface area contributed by atoms with E-state index in [0.29, 0.717) is 17.2 Å². The molecule has 4 rings (SSSR count). The van der Waals surface area contributed by atoms with Crippen molar-refractivity contribution >= 4 is 22.8 Å². The average molecular weight is 405 g/mol. The molecule has 2 aromatic heterocycles. The minimum absolute atomic E-state index is 0.253. The SMILES string of the molecule is Cn1cnc2c1c(=O)n(CC(=O)Nc1cccc(Oc3ccccc3)c1)c(=O)n2C. The molecule has 1 amide bonds. The molecule has 0 aliphatic carbocycles. The third-order valence-corrected chi connectivity index (χ3v) is 4.60. The van der Waals surface area contributed by atoms with Gasteiger partial charge in [0.05, 0.1) is 6.33 Å². The van der Waals surface area contributed by atoms with Gasteiger partial charge in [-0.1, -0.05) is 24.3 Å². The number of carbonyl (C=O) groups is 1. The summed E-state index contributed by atoms with van der Waals surface area (Å²) in [5, 5.41) is 2.70. The van der Waals surface area contributed by atoms with Gasteiger partial charge in [-0.25, -0.2) is 14.3 Å². The summed E-state index contributed by atoms with van der Waals surface area (Å²) < 4.78 is 9.42. The molecule has 0 fully saturated rings. The summed E-state index contributed by atoms with van der Waals surface area (Å²) in [6.07, 6.45) is 1.45. The number of rotatable bonds is 5. The van der Waals surface area contributed by atoms with E-state index in [4.69, 9.17) is 4.74 Å². The van der Waals surface area contributed by atoms with Crippen molar-refractivity contribution in [1.29, 1.82) is 0 Å². The molecular weight excluding hydrogens is 386 g/mol. The number of imidazole rings is 1. The summed E-state index contributed by atoms with van der Waals surface area (Å²) in [4.78, 5) is 41.9. The average Bonchev–Trinajstić information content (AvgIpc) is 3.12. The number of fused-ring (bicyclic) bond motifs is 1. The molecule has 0 saturated heterocycles. The molecule has 0 aliphatic heterocycles. The lowest BCUT2D eigenvalue weighted by Crippen LogP contribution is -2.42. The molecule has 0 unspecified atom stereocenters. The molecule has 9 heteroatoms. The number of nitrogens with one attached hydrogen (secondary N) is 1. The fourth-order valence-electron chi connectivity index (χ4n) is 3.14. The summed E-state index contributed by atoms with van der Waals surface area (Å²) in [7, 11) is 3.17. The topological polar surface area (TPSA) is 100 Å². The Kier molecular flexibility index (Phi) is 4.93. The Morgan fingerprint density at radius 3 is 2.53 bits per heavy atom. The predicted octanol–water partition coefficient (Wildman–Crippen LogP) is 1.86. The molecule has 2 heterocycles. The predicted molar refractivity (Wildman–Crippen MR) is 112 cm³/mol. The molecule has 0 saturated carbocycles. The van der Waals surface area contributed by atoms with Crippen molar-refractivity contribution in [3.8, 4) is 11.5 Å². The monoisotopic (exact) mass is 405 g/mol. The maximum atomic E-state index is 12.7. The molecule has 0 spiro atoms. The van der Waals surface area contributed by atoms with Gasteiger partial charge in [0.2, 0.25) is 5.91 Å². The zero-order valence-electron chi connectivity index (χ0n) is 16.4. The lowest BCUT2D eigenvalue weighted by Gasteiger charge is -2.11. The number of hydrogen-bond acceptors (Lipinski definition) is 5. The molecule has 0 aliphatic rings. The zero-order valence-corrected chi connectivity index (χ0v) is 16.4. The number of anilines is 1. The van der Waals surface area contributed by atoms with Gasteiger partial charge in [0, 0.05) is 25.8 Å². The Morgan fingerprint density at radius 1 is 1.03 bits per heavy atom. The Balaban J connectivity index is 1.56. The molecule has 1 N–H and O–H groups in total. The smallest absolute Gasteiger partial charge is 0.332 e. The van der Waals surface area contributed by atoms with E-state index in [9.17, 15) is 14.4 Å². The van der Waals surface area contributed by atoms with Crippen molar-refractivity contribution in [2.24, 2.45) is 14.1 Å². The minimum Gasteiger partial charge on any atom is -0.457 e. The highest BCUT2D eigenvalue weighted by molar-refractivity contribution is 5.90. The van der Waals surface area contributed by atoms with Gasteiger partial charge in [0.1, 0.15) is 18.0 Å². The van der Waals surface area contributed by atoms with Crippen molar-refractivity contribution < 1.29 is 9.53 Å². The number of aromatic nitrogens is 4. The van der Waals surface area contributed by atoms with Crippen molar-refractivity contribution in [3.05, 3.63) is 81.8 Å². The number of carbonyl (C=O) groups excluding carboxylic acids is 1. The maximum absolute atomic E-state index is 12.7. The van der Waals surface area contributed by atoms with Gasteiger partial charge in [-0.05, 0) is 24.3 Å². The molecule has 2 aromatic carbocycles. The van der Waals surface area contributed by atoms with Crippen LogP contribution in [0.25, 0.3) is 11.2 Å². The molecule has 30 heavy (non-hydrogen) atoms. The first-order chi connectivity index (χ1) is 14.4. The Bertz CT molecular complexity index is 1350. The number of aryl methyl sites for hydroxylation is 2. The molecule has 152 valence electrons. The van der Waals surface area contributed by atoms with Crippen molar-refractivity contribution in [3.63, 3.8) is 0 Å². The highest BCUT2D eigenvalue weighted by Crippen LogP contribution is 2.23. The number of ether oxygens (including phenoxy) is 1. The Labute approximate surface area is 170 Å². The highest BCUT2D eigenvalue weighted by atomic mass is 16.5. The van der Waals surface area contributed by atoms with E-state index >= 15 is 0 Å². The number of hydrogen-bond donors (Lipinski definition) is 1. The first kappa shape index (κ1) is 19.2. The van der Waals surface area contributed by atoms with Crippen LogP contribution >= 0.6 is 0 Å². The van der Waals surface area contributed by atoms with Gasteiger partial charge in [0.25, 0.3) is 5.56 Å². The fourth-order valence-corrected chi connectivity index (χ4v) is 3.14. The second-order valence-electron chi connectivity index (χ2n) is 6.75. The van der Waals surface area contributed by atoms with Crippen LogP contribution in [-0.2, 0) is 25.4 Å². The Morgan fingerprint density at radius 2 is 1.77 bits per heavy atom. The van der Waals surface area contributed by atoms with Crippen LogP contribution in [0.4, 0.5) is 5.69 Å². The fraction of sp³-hybridized carbons (Fsp3) is 0.143. The van der Waals surface area contributed by atoms with Gasteiger partial charge in [0.15, 0.2) is 11.2 Å². The number of nitrogens with zero attached hydrogens (tertiary/aromatic N) is 4. The van der Waals surface area contributed by atoms with Crippen LogP contribution in [0.3, 0.4) is 0 Å². The van der Waals surface area contributed by atoms with Crippen LogP contribution in [-0.4, -0.2) is 24.6 Å². The number of benzene rings is 2. The zero-order chi connectivity index (χ0) is 21.3. The van der Waals surface area contributed by atoms with Crippen molar-refractivity contribution in [2.45, 2.75) is 6.54 Å². The summed E-state index contributed by atoms with van der Waals surface area (Å²) in [5.41, 5.74) is -0.162. The summed E-state index contributed by atoms with van der Waals surface area (Å²) >= 11 is 0.